The van der Waals surface area contributed by atoms with Gasteiger partial charge in [0, 0.05) is 19.3 Å². The van der Waals surface area contributed by atoms with Crippen molar-refractivity contribution in [2.75, 3.05) is 13.2 Å². The fourth-order valence-corrected chi connectivity index (χ4v) is 7.25. The van der Waals surface area contributed by atoms with Gasteiger partial charge in [-0.15, -0.1) is 0 Å². The first-order chi connectivity index (χ1) is 32.0. The van der Waals surface area contributed by atoms with Gasteiger partial charge in [-0.05, 0) is 103 Å². The summed E-state index contributed by atoms with van der Waals surface area (Å²) in [4.78, 5) is 38.0. The summed E-state index contributed by atoms with van der Waals surface area (Å²) in [5, 5.41) is 0. The standard InChI is InChI=1S/C59H100O6/c1-4-7-10-13-16-19-22-24-26-28-29-31-33-35-38-40-43-46-49-52-58(61)64-55-56(65-59(62)53-50-47-44-41-36-21-18-15-12-9-6-3)54-63-57(60)51-48-45-42-39-37-34-32-30-27-25-23-20-17-14-11-8-5-2/h16-17,19-20,24-27,29,31-32,34-35,38,56H,4-15,18,21-23,28,30,33,36-37,39-55H2,1-3H3/b19-16-,20-17-,26-24-,27-25-,31-29-,34-32-,38-35-/t56-/m0/s1. The van der Waals surface area contributed by atoms with Crippen molar-refractivity contribution in [1.29, 1.82) is 0 Å². The van der Waals surface area contributed by atoms with Gasteiger partial charge in [0.2, 0.25) is 0 Å². The number of carbonyl (C=O) groups is 3. The molecule has 0 bridgehead atoms. The molecule has 65 heavy (non-hydrogen) atoms. The molecule has 372 valence electrons. The molecule has 0 amide bonds. The summed E-state index contributed by atoms with van der Waals surface area (Å²) in [5.74, 6) is -0.947. The molecule has 0 radical (unpaired) electrons. The summed E-state index contributed by atoms with van der Waals surface area (Å²) in [5.41, 5.74) is 0. The molecule has 0 aromatic rings. The Morgan fingerprint density at radius 3 is 0.908 bits per heavy atom. The van der Waals surface area contributed by atoms with Crippen molar-refractivity contribution in [3.8, 4) is 0 Å². The Morgan fingerprint density at radius 1 is 0.308 bits per heavy atom. The van der Waals surface area contributed by atoms with Crippen LogP contribution < -0.4 is 0 Å². The molecule has 6 nitrogen and oxygen atoms in total. The maximum atomic E-state index is 12.8. The molecule has 0 heterocycles. The normalized spacial score (nSPS) is 12.7. The average molecular weight is 905 g/mol. The molecule has 0 saturated heterocycles. The van der Waals surface area contributed by atoms with E-state index >= 15 is 0 Å². The Labute approximate surface area is 401 Å². The molecule has 6 heteroatoms. The van der Waals surface area contributed by atoms with E-state index in [4.69, 9.17) is 14.2 Å². The summed E-state index contributed by atoms with van der Waals surface area (Å²) in [6.45, 7) is 6.53. The Bertz CT molecular complexity index is 1270. The van der Waals surface area contributed by atoms with Crippen LogP contribution in [0.2, 0.25) is 0 Å². The molecule has 0 rings (SSSR count). The molecule has 0 aliphatic heterocycles. The third-order valence-electron chi connectivity index (χ3n) is 11.4. The van der Waals surface area contributed by atoms with Crippen molar-refractivity contribution in [2.45, 2.75) is 258 Å². The van der Waals surface area contributed by atoms with Gasteiger partial charge in [-0.3, -0.25) is 14.4 Å². The smallest absolute Gasteiger partial charge is 0.306 e. The highest BCUT2D eigenvalue weighted by atomic mass is 16.6. The number of hydrogen-bond acceptors (Lipinski definition) is 6. The third-order valence-corrected chi connectivity index (χ3v) is 11.4. The lowest BCUT2D eigenvalue weighted by molar-refractivity contribution is -0.167. The summed E-state index contributed by atoms with van der Waals surface area (Å²) in [6, 6.07) is 0. The van der Waals surface area contributed by atoms with Crippen LogP contribution in [0.1, 0.15) is 252 Å². The van der Waals surface area contributed by atoms with E-state index in [-0.39, 0.29) is 31.1 Å². The maximum absolute atomic E-state index is 12.8. The van der Waals surface area contributed by atoms with Gasteiger partial charge >= 0.3 is 17.9 Å². The first-order valence-corrected chi connectivity index (χ1v) is 27.1. The van der Waals surface area contributed by atoms with Crippen LogP contribution in [-0.2, 0) is 28.6 Å². The fourth-order valence-electron chi connectivity index (χ4n) is 7.25. The molecule has 0 saturated carbocycles. The van der Waals surface area contributed by atoms with Crippen molar-refractivity contribution in [2.24, 2.45) is 0 Å². The lowest BCUT2D eigenvalue weighted by Crippen LogP contribution is -2.30. The molecular formula is C59H100O6. The minimum Gasteiger partial charge on any atom is -0.462 e. The van der Waals surface area contributed by atoms with E-state index in [0.717, 1.165) is 109 Å². The van der Waals surface area contributed by atoms with Gasteiger partial charge in [0.15, 0.2) is 6.10 Å². The Hall–Kier alpha value is -3.41. The van der Waals surface area contributed by atoms with Gasteiger partial charge in [0.1, 0.15) is 13.2 Å². The van der Waals surface area contributed by atoms with Crippen molar-refractivity contribution in [1.82, 2.24) is 0 Å². The second-order valence-electron chi connectivity index (χ2n) is 17.8. The Balaban J connectivity index is 4.44. The van der Waals surface area contributed by atoms with Gasteiger partial charge in [-0.25, -0.2) is 0 Å². The van der Waals surface area contributed by atoms with Crippen molar-refractivity contribution in [3.63, 3.8) is 0 Å². The predicted molar refractivity (Wildman–Crippen MR) is 279 cm³/mol. The number of esters is 3. The number of unbranched alkanes of at least 4 members (excludes halogenated alkanes) is 23. The van der Waals surface area contributed by atoms with Gasteiger partial charge in [-0.1, -0.05) is 215 Å². The lowest BCUT2D eigenvalue weighted by Gasteiger charge is -2.18. The van der Waals surface area contributed by atoms with Crippen LogP contribution >= 0.6 is 0 Å². The van der Waals surface area contributed by atoms with Gasteiger partial charge < -0.3 is 14.2 Å². The molecule has 0 aromatic carbocycles. The molecular weight excluding hydrogens is 805 g/mol. The molecule has 0 aliphatic rings. The lowest BCUT2D eigenvalue weighted by atomic mass is 10.1. The second-order valence-corrected chi connectivity index (χ2v) is 17.8. The third kappa shape index (κ3) is 51.4. The topological polar surface area (TPSA) is 78.9 Å². The van der Waals surface area contributed by atoms with Crippen LogP contribution in [0, 0.1) is 0 Å². The van der Waals surface area contributed by atoms with E-state index < -0.39 is 6.10 Å². The Morgan fingerprint density at radius 2 is 0.554 bits per heavy atom. The average Bonchev–Trinajstić information content (AvgIpc) is 3.30. The Kier molecular flexibility index (Phi) is 50.4. The van der Waals surface area contributed by atoms with Gasteiger partial charge in [0.25, 0.3) is 0 Å². The van der Waals surface area contributed by atoms with Crippen LogP contribution in [0.3, 0.4) is 0 Å². The molecule has 0 spiro atoms. The molecule has 0 aromatic heterocycles. The van der Waals surface area contributed by atoms with E-state index in [1.54, 1.807) is 0 Å². The van der Waals surface area contributed by atoms with Crippen LogP contribution in [0.4, 0.5) is 0 Å². The van der Waals surface area contributed by atoms with E-state index in [1.807, 2.05) is 0 Å². The quantitative estimate of drug-likeness (QED) is 0.0262. The molecule has 0 unspecified atom stereocenters. The zero-order chi connectivity index (χ0) is 47.2. The largest absolute Gasteiger partial charge is 0.462 e. The number of rotatable bonds is 48. The fraction of sp³-hybridized carbons (Fsp3) is 0.712. The van der Waals surface area contributed by atoms with Crippen LogP contribution in [-0.4, -0.2) is 37.2 Å². The van der Waals surface area contributed by atoms with Gasteiger partial charge in [-0.2, -0.15) is 0 Å². The van der Waals surface area contributed by atoms with Crippen molar-refractivity contribution < 1.29 is 28.6 Å². The summed E-state index contributed by atoms with van der Waals surface area (Å²) in [7, 11) is 0. The van der Waals surface area contributed by atoms with Gasteiger partial charge in [0.05, 0.1) is 0 Å². The maximum Gasteiger partial charge on any atom is 0.306 e. The zero-order valence-corrected chi connectivity index (χ0v) is 42.5. The van der Waals surface area contributed by atoms with Crippen LogP contribution in [0.5, 0.6) is 0 Å². The zero-order valence-electron chi connectivity index (χ0n) is 42.5. The summed E-state index contributed by atoms with van der Waals surface area (Å²) >= 11 is 0. The van der Waals surface area contributed by atoms with E-state index in [1.165, 1.54) is 103 Å². The first-order valence-electron chi connectivity index (χ1n) is 27.1. The SMILES string of the molecule is CCCCC/C=C\C/C=C\C/C=C\C/C=C\CCCCCC(=O)OC[C@H](COC(=O)CCCCCC/C=C\C/C=C\C/C=C\CCCCC)OC(=O)CCCCCCCCCCCCC. The first kappa shape index (κ1) is 61.6. The van der Waals surface area contributed by atoms with Crippen molar-refractivity contribution >= 4 is 17.9 Å². The predicted octanol–water partition coefficient (Wildman–Crippen LogP) is 18.0. The van der Waals surface area contributed by atoms with E-state index in [9.17, 15) is 14.4 Å². The summed E-state index contributed by atoms with van der Waals surface area (Å²) < 4.78 is 16.8. The molecule has 0 aliphatic carbocycles. The second kappa shape index (κ2) is 53.2. The molecule has 0 N–H and O–H groups in total. The van der Waals surface area contributed by atoms with Crippen LogP contribution in [0.25, 0.3) is 0 Å². The highest BCUT2D eigenvalue weighted by Gasteiger charge is 2.19. The number of ether oxygens (including phenoxy) is 3. The number of hydrogen-bond donors (Lipinski definition) is 0. The highest BCUT2D eigenvalue weighted by Crippen LogP contribution is 2.14. The monoisotopic (exact) mass is 905 g/mol. The van der Waals surface area contributed by atoms with E-state index in [0.29, 0.717) is 19.3 Å². The molecule has 0 fully saturated rings. The highest BCUT2D eigenvalue weighted by molar-refractivity contribution is 5.71. The minimum atomic E-state index is -0.797. The van der Waals surface area contributed by atoms with E-state index in [2.05, 4.69) is 106 Å². The summed E-state index contributed by atoms with van der Waals surface area (Å²) in [6.07, 6.45) is 68.5. The van der Waals surface area contributed by atoms with Crippen LogP contribution in [0.15, 0.2) is 85.1 Å². The molecule has 1 atom stereocenters. The van der Waals surface area contributed by atoms with Crippen molar-refractivity contribution in [3.05, 3.63) is 85.1 Å². The minimum absolute atomic E-state index is 0.0975. The number of allylic oxidation sites excluding steroid dienone is 14. The number of carbonyl (C=O) groups excluding carboxylic acids is 3.